The molecular weight excluding hydrogens is 1930 g/mol. The minimum Gasteiger partial charge on any atom is -0.497 e. The number of aryl methyl sites for hydroxylation is 2. The number of ether oxygens (including phenoxy) is 1. The van der Waals surface area contributed by atoms with E-state index in [0.29, 0.717) is 76.4 Å². The first-order chi connectivity index (χ1) is 64.6. The number of ketones is 3. The second kappa shape index (κ2) is 40.2. The highest BCUT2D eigenvalue weighted by atomic mass is 32.1. The number of rotatable bonds is 15. The molecule has 0 aliphatic heterocycles. The fourth-order valence-corrected chi connectivity index (χ4v) is 19.7. The number of benzene rings is 3. The summed E-state index contributed by atoms with van der Waals surface area (Å²) >= 11 is 5.55. The first kappa shape index (κ1) is 99.3. The number of halogens is 14. The fourth-order valence-electron chi connectivity index (χ4n) is 13.8. The number of pyridine rings is 9. The van der Waals surface area contributed by atoms with E-state index >= 15 is 0 Å². The highest BCUT2D eigenvalue weighted by molar-refractivity contribution is 7.23. The summed E-state index contributed by atoms with van der Waals surface area (Å²) in [7, 11) is 1.47. The minimum atomic E-state index is -4.65. The van der Waals surface area contributed by atoms with Gasteiger partial charge in [0, 0.05) is 135 Å². The Morgan fingerprint density at radius 1 is 0.343 bits per heavy atom. The van der Waals surface area contributed by atoms with Crippen LogP contribution in [0.5, 0.6) is 5.75 Å². The molecule has 45 heteroatoms. The van der Waals surface area contributed by atoms with Gasteiger partial charge in [0.05, 0.1) is 107 Å². The smallest absolute Gasteiger partial charge is 0.417 e. The zero-order valence-electron chi connectivity index (χ0n) is 71.3. The second-order valence-electron chi connectivity index (χ2n) is 29.5. The maximum absolute atomic E-state index is 14.0. The van der Waals surface area contributed by atoms with Crippen LogP contribution in [0.4, 0.5) is 95.6 Å². The number of carbonyl (C=O) groups excluding carboxylic acids is 6. The van der Waals surface area contributed by atoms with Crippen molar-refractivity contribution in [3.05, 3.63) is 257 Å². The predicted octanol–water partition coefficient (Wildman–Crippen LogP) is 23.1. The molecule has 0 radical (unpaired) electrons. The standard InChI is InChI=1S/C17H13F3N2O2S.C16H12F3N3OS.C16H13FN2OS.C15H11F2N3OS.C14H9F3N4OS.C14H10F2N4OS/c1-8(23)15-14(21)13-11(17(18,19)20)7-12(22-16(13)25-15)9-4-3-5-10(6-9)24-2;1-7-2-4-8(5-3-7)10-6-9(16(17,18)19)11-12(20)13(14(21)23)24-15(11)22-10;1-8-3-4-10(12(17)7-8)13-6-5-11-14(18)15(9(2)20)21-16(11)19-13;1-7(21)13-12(18)11-9(14(16)17)5-10(20-15(11)22-13)8-3-2-4-19-6-8;15-14(16,17)7-4-8(6-2-1-3-20-5-6)21-13-9(7)10(18)11(23-13)12(19)22;15-12(16)7-4-8(6-2-1-3-19-5-6)20-14-9(7)10(17)11(22-14)13(18)21/h3-7H,21H2,1-2H3;2-6H,20H2,1H3,(H2,21,23);3-7H,18H2,1-2H3;2-6,14H,18H2,1H3;1-5H,18H2,(H2,19,22);1-5,12H,17H2,(H2,18,21). The average molecular weight is 2000 g/mol. The minimum absolute atomic E-state index is 0.00461. The molecule has 0 unspecified atom stereocenters. The van der Waals surface area contributed by atoms with Crippen molar-refractivity contribution in [2.75, 3.05) is 41.5 Å². The molecule has 0 atom stereocenters. The summed E-state index contributed by atoms with van der Waals surface area (Å²) < 4.78 is 194. The van der Waals surface area contributed by atoms with Gasteiger partial charge in [0.2, 0.25) is 0 Å². The van der Waals surface area contributed by atoms with Crippen molar-refractivity contribution >= 4 is 199 Å². The summed E-state index contributed by atoms with van der Waals surface area (Å²) in [6, 6.07) is 37.4. The second-order valence-corrected chi connectivity index (χ2v) is 35.5. The molecule has 137 heavy (non-hydrogen) atoms. The van der Waals surface area contributed by atoms with Gasteiger partial charge in [-0.05, 0) is 123 Å². The first-order valence-corrected chi connectivity index (χ1v) is 44.3. The zero-order chi connectivity index (χ0) is 99.6. The molecular formula is C92H68F14N18O7S6. The number of hydrogen-bond donors (Lipinski definition) is 9. The van der Waals surface area contributed by atoms with Crippen molar-refractivity contribution in [3.8, 4) is 73.3 Å². The van der Waals surface area contributed by atoms with Crippen LogP contribution in [0.15, 0.2) is 183 Å². The van der Waals surface area contributed by atoms with Gasteiger partial charge < -0.3 is 56.3 Å². The van der Waals surface area contributed by atoms with Crippen molar-refractivity contribution in [2.45, 2.75) is 66.0 Å². The SMILES string of the molecule is CC(=O)c1sc2nc(-c3ccc(C)cc3F)ccc2c1N.CC(=O)c1sc2nc(-c3cccnc3)cc(C(F)F)c2c1N.COc1cccc(-c2cc(C(F)(F)F)c3c(N)c(C(C)=O)sc3n2)c1.Cc1ccc(-c2cc(C(F)(F)F)c3c(N)c(C(N)=O)sc3n2)cc1.NC(=O)c1sc2nc(-c3cccnc3)cc(C(F)(F)F)c2c1N.NC(=O)c1sc2nc(-c3cccnc3)cc(C(F)F)c2c1N. The molecule has 15 heterocycles. The lowest BCUT2D eigenvalue weighted by Gasteiger charge is -2.11. The Labute approximate surface area is 788 Å². The molecule has 0 saturated heterocycles. The van der Waals surface area contributed by atoms with Crippen LogP contribution >= 0.6 is 68.0 Å². The molecule has 18 rings (SSSR count). The monoisotopic (exact) mass is 1990 g/mol. The molecule has 0 aliphatic rings. The number of primary amides is 3. The molecule has 702 valence electrons. The van der Waals surface area contributed by atoms with Crippen LogP contribution in [0.2, 0.25) is 0 Å². The maximum Gasteiger partial charge on any atom is 0.417 e. The van der Waals surface area contributed by atoms with Crippen molar-refractivity contribution in [1.29, 1.82) is 0 Å². The number of anilines is 6. The molecule has 18 N–H and O–H groups in total. The number of thiophene rings is 6. The van der Waals surface area contributed by atoms with Gasteiger partial charge in [0.15, 0.2) is 17.3 Å². The van der Waals surface area contributed by atoms with Crippen molar-refractivity contribution < 1.29 is 95.0 Å². The fraction of sp³-hybridized carbons (Fsp3) is 0.120. The highest BCUT2D eigenvalue weighted by Crippen LogP contribution is 2.50. The zero-order valence-corrected chi connectivity index (χ0v) is 76.2. The number of aromatic nitrogens is 9. The Kier molecular flexibility index (Phi) is 29.1. The Morgan fingerprint density at radius 2 is 0.664 bits per heavy atom. The van der Waals surface area contributed by atoms with Gasteiger partial charge in [0.1, 0.15) is 55.2 Å². The van der Waals surface area contributed by atoms with Crippen molar-refractivity contribution in [3.63, 3.8) is 0 Å². The third-order valence-corrected chi connectivity index (χ3v) is 27.1. The molecule has 0 fully saturated rings. The quantitative estimate of drug-likeness (QED) is 0.0340. The number of methoxy groups -OCH3 is 1. The van der Waals surface area contributed by atoms with Gasteiger partial charge >= 0.3 is 18.5 Å². The normalized spacial score (nSPS) is 11.5. The van der Waals surface area contributed by atoms with E-state index in [-0.39, 0.29) is 145 Å². The Morgan fingerprint density at radius 3 is 1.02 bits per heavy atom. The summed E-state index contributed by atoms with van der Waals surface area (Å²) in [4.78, 5) is 108. The van der Waals surface area contributed by atoms with Crippen LogP contribution < -0.4 is 56.3 Å². The predicted molar refractivity (Wildman–Crippen MR) is 507 cm³/mol. The molecule has 25 nitrogen and oxygen atoms in total. The molecule has 0 aliphatic carbocycles. The largest absolute Gasteiger partial charge is 0.497 e. The number of fused-ring (bicyclic) bond motifs is 6. The number of amides is 3. The number of nitrogen functional groups attached to an aromatic ring is 6. The van der Waals surface area contributed by atoms with E-state index in [0.717, 1.165) is 91.4 Å². The van der Waals surface area contributed by atoms with E-state index in [1.165, 1.54) is 76.0 Å². The summed E-state index contributed by atoms with van der Waals surface area (Å²) in [5, 5.41) is 0.177. The Hall–Kier alpha value is -15.2. The number of alkyl halides is 13. The van der Waals surface area contributed by atoms with Crippen molar-refractivity contribution in [1.82, 2.24) is 44.9 Å². The molecule has 3 aromatic carbocycles. The lowest BCUT2D eigenvalue weighted by Crippen LogP contribution is -2.11. The topological polar surface area (TPSA) is 462 Å². The van der Waals surface area contributed by atoms with E-state index in [9.17, 15) is 90.2 Å². The number of hydrogen-bond acceptors (Lipinski definition) is 28. The Balaban J connectivity index is 0.000000139. The summed E-state index contributed by atoms with van der Waals surface area (Å²) in [6.45, 7) is 7.80. The van der Waals surface area contributed by atoms with Crippen LogP contribution in [0.3, 0.4) is 0 Å². The summed E-state index contributed by atoms with van der Waals surface area (Å²) in [5.74, 6) is -3.06. The van der Waals surface area contributed by atoms with E-state index in [1.54, 1.807) is 122 Å². The molecule has 3 amide bonds. The van der Waals surface area contributed by atoms with Gasteiger partial charge in [-0.3, -0.25) is 43.7 Å². The van der Waals surface area contributed by atoms with E-state index < -0.39 is 71.6 Å². The number of carbonyl (C=O) groups is 6. The lowest BCUT2D eigenvalue weighted by atomic mass is 10.0. The number of nitrogens with two attached hydrogens (primary N) is 9. The number of nitrogens with zero attached hydrogens (tertiary/aromatic N) is 9. The lowest BCUT2D eigenvalue weighted by molar-refractivity contribution is -0.137. The average Bonchev–Trinajstić information content (AvgIpc) is 1.64. The van der Waals surface area contributed by atoms with Crippen LogP contribution in [0.1, 0.15) is 131 Å². The van der Waals surface area contributed by atoms with E-state index in [1.807, 2.05) is 19.9 Å². The third-order valence-electron chi connectivity index (χ3n) is 20.2. The van der Waals surface area contributed by atoms with Crippen LogP contribution in [-0.2, 0) is 18.5 Å². The van der Waals surface area contributed by atoms with Gasteiger partial charge in [-0.2, -0.15) is 39.5 Å². The van der Waals surface area contributed by atoms with Crippen LogP contribution in [0, 0.1) is 19.7 Å². The van der Waals surface area contributed by atoms with E-state index in [2.05, 4.69) is 44.9 Å². The first-order valence-electron chi connectivity index (χ1n) is 39.4. The molecule has 0 bridgehead atoms. The Bertz CT molecular complexity index is 7620. The summed E-state index contributed by atoms with van der Waals surface area (Å²) in [6.07, 6.45) is -10.2. The van der Waals surface area contributed by atoms with Crippen molar-refractivity contribution in [2.24, 2.45) is 17.2 Å². The van der Waals surface area contributed by atoms with Gasteiger partial charge in [-0.1, -0.05) is 48.0 Å². The maximum atomic E-state index is 14.0. The number of Topliss-reactive ketones (excluding diaryl/α,β-unsaturated/α-hetero) is 3. The molecule has 0 saturated carbocycles. The van der Waals surface area contributed by atoms with E-state index in [4.69, 9.17) is 56.3 Å². The molecule has 0 spiro atoms. The van der Waals surface area contributed by atoms with Gasteiger partial charge in [0.25, 0.3) is 30.6 Å². The van der Waals surface area contributed by atoms with Gasteiger partial charge in [-0.25, -0.2) is 51.9 Å². The van der Waals surface area contributed by atoms with Crippen LogP contribution in [-0.4, -0.2) is 87.0 Å². The molecule has 15 aromatic heterocycles. The summed E-state index contributed by atoms with van der Waals surface area (Å²) in [5.41, 5.74) is 53.4. The molecule has 18 aromatic rings. The highest BCUT2D eigenvalue weighted by Gasteiger charge is 2.40. The third kappa shape index (κ3) is 21.3. The van der Waals surface area contributed by atoms with Gasteiger partial charge in [-0.15, -0.1) is 68.0 Å². The van der Waals surface area contributed by atoms with Crippen LogP contribution in [0.25, 0.3) is 129 Å².